The largest absolute Gasteiger partial charge is 0.467 e. The number of aliphatic hydroxyl groups excluding tert-OH is 1. The maximum Gasteiger partial charge on any atom is 0.133 e. The Labute approximate surface area is 111 Å². The third-order valence-corrected chi connectivity index (χ3v) is 3.88. The van der Waals surface area contributed by atoms with Crippen LogP contribution in [0.1, 0.15) is 42.5 Å². The zero-order valence-electron chi connectivity index (χ0n) is 10.5. The van der Waals surface area contributed by atoms with E-state index in [0.717, 1.165) is 12.8 Å². The molecule has 2 heterocycles. The Morgan fingerprint density at radius 1 is 1.39 bits per heavy atom. The van der Waals surface area contributed by atoms with Crippen molar-refractivity contribution in [2.75, 3.05) is 6.54 Å². The van der Waals surface area contributed by atoms with Gasteiger partial charge in [-0.05, 0) is 30.0 Å². The average Bonchev–Trinajstić information content (AvgIpc) is 3.04. The smallest absolute Gasteiger partial charge is 0.133 e. The van der Waals surface area contributed by atoms with Gasteiger partial charge in [0, 0.05) is 17.5 Å². The normalized spacial score (nSPS) is 14.6. The fraction of sp³-hybridized carbons (Fsp3) is 0.429. The van der Waals surface area contributed by atoms with Crippen LogP contribution in [0.5, 0.6) is 0 Å². The molecule has 0 amide bonds. The predicted octanol–water partition coefficient (Wildman–Crippen LogP) is 3.51. The lowest BCUT2D eigenvalue weighted by Crippen LogP contribution is -2.25. The Morgan fingerprint density at radius 2 is 2.28 bits per heavy atom. The second-order valence-electron chi connectivity index (χ2n) is 4.30. The highest BCUT2D eigenvalue weighted by atomic mass is 32.1. The molecule has 2 unspecified atom stereocenters. The molecule has 0 fully saturated rings. The van der Waals surface area contributed by atoms with Crippen molar-refractivity contribution in [2.45, 2.75) is 31.9 Å². The lowest BCUT2D eigenvalue weighted by atomic mass is 10.1. The first-order valence-electron chi connectivity index (χ1n) is 6.29. The van der Waals surface area contributed by atoms with E-state index in [1.165, 1.54) is 4.88 Å². The van der Waals surface area contributed by atoms with Gasteiger partial charge in [0.1, 0.15) is 11.9 Å². The van der Waals surface area contributed by atoms with Crippen molar-refractivity contribution in [2.24, 2.45) is 0 Å². The van der Waals surface area contributed by atoms with Gasteiger partial charge >= 0.3 is 0 Å². The van der Waals surface area contributed by atoms with Crippen molar-refractivity contribution in [3.63, 3.8) is 0 Å². The van der Waals surface area contributed by atoms with Crippen LogP contribution >= 0.6 is 11.3 Å². The van der Waals surface area contributed by atoms with Crippen LogP contribution in [-0.4, -0.2) is 11.7 Å². The summed E-state index contributed by atoms with van der Waals surface area (Å²) in [6, 6.07) is 8.11. The minimum absolute atomic E-state index is 0.319. The maximum absolute atomic E-state index is 9.97. The van der Waals surface area contributed by atoms with Gasteiger partial charge in [-0.25, -0.2) is 0 Å². The molecule has 2 rings (SSSR count). The monoisotopic (exact) mass is 265 g/mol. The Morgan fingerprint density at radius 3 is 2.89 bits per heavy atom. The molecule has 98 valence electrons. The molecule has 18 heavy (non-hydrogen) atoms. The lowest BCUT2D eigenvalue weighted by molar-refractivity contribution is 0.143. The summed E-state index contributed by atoms with van der Waals surface area (Å²) < 4.78 is 5.19. The van der Waals surface area contributed by atoms with E-state index in [4.69, 9.17) is 4.42 Å². The first-order chi connectivity index (χ1) is 8.81. The SMILES string of the molecule is CCCC(NCC(O)c1ccco1)c1cccs1. The molecule has 2 aromatic rings. The van der Waals surface area contributed by atoms with Crippen LogP contribution in [0.15, 0.2) is 40.3 Å². The molecule has 0 aromatic carbocycles. The molecule has 4 heteroatoms. The Hall–Kier alpha value is -1.10. The standard InChI is InChI=1S/C14H19NO2S/c1-2-5-11(14-7-4-9-18-14)15-10-12(16)13-6-3-8-17-13/h3-4,6-9,11-12,15-16H,2,5,10H2,1H3. The summed E-state index contributed by atoms with van der Waals surface area (Å²) >= 11 is 1.75. The first kappa shape index (κ1) is 13.3. The maximum atomic E-state index is 9.97. The van der Waals surface area contributed by atoms with Crippen molar-refractivity contribution >= 4 is 11.3 Å². The molecule has 0 aliphatic carbocycles. The molecule has 0 saturated carbocycles. The van der Waals surface area contributed by atoms with Crippen LogP contribution in [0.25, 0.3) is 0 Å². The number of nitrogens with one attached hydrogen (secondary N) is 1. The topological polar surface area (TPSA) is 45.4 Å². The summed E-state index contributed by atoms with van der Waals surface area (Å²) in [5.74, 6) is 0.615. The quantitative estimate of drug-likeness (QED) is 0.805. The molecule has 0 bridgehead atoms. The van der Waals surface area contributed by atoms with Crippen LogP contribution < -0.4 is 5.32 Å². The number of thiophene rings is 1. The van der Waals surface area contributed by atoms with Gasteiger partial charge in [0.25, 0.3) is 0 Å². The summed E-state index contributed by atoms with van der Waals surface area (Å²) in [6.07, 6.45) is 3.19. The van der Waals surface area contributed by atoms with E-state index in [9.17, 15) is 5.11 Å². The minimum Gasteiger partial charge on any atom is -0.467 e. The first-order valence-corrected chi connectivity index (χ1v) is 7.17. The van der Waals surface area contributed by atoms with Crippen molar-refractivity contribution in [3.8, 4) is 0 Å². The molecule has 0 saturated heterocycles. The second kappa shape index (κ2) is 6.73. The van der Waals surface area contributed by atoms with Crippen LogP contribution in [0.3, 0.4) is 0 Å². The van der Waals surface area contributed by atoms with Crippen LogP contribution in [0.4, 0.5) is 0 Å². The third kappa shape index (κ3) is 3.45. The van der Waals surface area contributed by atoms with Gasteiger partial charge in [-0.2, -0.15) is 0 Å². The van der Waals surface area contributed by atoms with Gasteiger partial charge in [0.15, 0.2) is 0 Å². The van der Waals surface area contributed by atoms with Crippen LogP contribution in [0, 0.1) is 0 Å². The van der Waals surface area contributed by atoms with Gasteiger partial charge in [-0.3, -0.25) is 0 Å². The van der Waals surface area contributed by atoms with Gasteiger partial charge in [-0.1, -0.05) is 19.4 Å². The lowest BCUT2D eigenvalue weighted by Gasteiger charge is -2.18. The molecule has 0 spiro atoms. The zero-order valence-corrected chi connectivity index (χ0v) is 11.3. The van der Waals surface area contributed by atoms with E-state index in [0.29, 0.717) is 18.3 Å². The van der Waals surface area contributed by atoms with E-state index in [-0.39, 0.29) is 0 Å². The van der Waals surface area contributed by atoms with Crippen molar-refractivity contribution < 1.29 is 9.52 Å². The van der Waals surface area contributed by atoms with Gasteiger partial charge in [0.2, 0.25) is 0 Å². The fourth-order valence-corrected chi connectivity index (χ4v) is 2.80. The van der Waals surface area contributed by atoms with Crippen molar-refractivity contribution in [1.29, 1.82) is 0 Å². The molecule has 2 aromatic heterocycles. The number of furan rings is 1. The molecule has 2 atom stereocenters. The van der Waals surface area contributed by atoms with Gasteiger partial charge < -0.3 is 14.8 Å². The molecule has 0 radical (unpaired) electrons. The van der Waals surface area contributed by atoms with E-state index in [1.54, 1.807) is 29.7 Å². The summed E-state index contributed by atoms with van der Waals surface area (Å²) in [5.41, 5.74) is 0. The van der Waals surface area contributed by atoms with E-state index in [2.05, 4.69) is 29.8 Å². The predicted molar refractivity (Wildman–Crippen MR) is 73.6 cm³/mol. The number of hydrogen-bond acceptors (Lipinski definition) is 4. The number of aliphatic hydroxyl groups is 1. The van der Waals surface area contributed by atoms with Crippen molar-refractivity contribution in [1.82, 2.24) is 5.32 Å². The van der Waals surface area contributed by atoms with Crippen LogP contribution in [0.2, 0.25) is 0 Å². The highest BCUT2D eigenvalue weighted by Gasteiger charge is 2.15. The summed E-state index contributed by atoms with van der Waals surface area (Å²) in [6.45, 7) is 2.68. The third-order valence-electron chi connectivity index (χ3n) is 2.89. The summed E-state index contributed by atoms with van der Waals surface area (Å²) in [7, 11) is 0. The summed E-state index contributed by atoms with van der Waals surface area (Å²) in [5, 5.41) is 15.5. The number of hydrogen-bond donors (Lipinski definition) is 2. The van der Waals surface area contributed by atoms with E-state index in [1.807, 2.05) is 0 Å². The fourth-order valence-electron chi connectivity index (χ4n) is 1.96. The zero-order chi connectivity index (χ0) is 12.8. The van der Waals surface area contributed by atoms with E-state index < -0.39 is 6.10 Å². The molecule has 3 nitrogen and oxygen atoms in total. The average molecular weight is 265 g/mol. The summed E-state index contributed by atoms with van der Waals surface area (Å²) in [4.78, 5) is 1.32. The molecular formula is C14H19NO2S. The molecule has 0 aliphatic rings. The van der Waals surface area contributed by atoms with Gasteiger partial charge in [-0.15, -0.1) is 11.3 Å². The Kier molecular flexibility index (Phi) is 4.99. The molecule has 2 N–H and O–H groups in total. The van der Waals surface area contributed by atoms with Gasteiger partial charge in [0.05, 0.1) is 6.26 Å². The Bertz CT molecular complexity index is 425. The second-order valence-corrected chi connectivity index (χ2v) is 5.28. The Balaban J connectivity index is 1.90. The molecular weight excluding hydrogens is 246 g/mol. The minimum atomic E-state index is -0.584. The van der Waals surface area contributed by atoms with Crippen molar-refractivity contribution in [3.05, 3.63) is 46.5 Å². The highest BCUT2D eigenvalue weighted by molar-refractivity contribution is 7.10. The number of rotatable bonds is 7. The van der Waals surface area contributed by atoms with E-state index >= 15 is 0 Å². The van der Waals surface area contributed by atoms with Crippen LogP contribution in [-0.2, 0) is 0 Å². The highest BCUT2D eigenvalue weighted by Crippen LogP contribution is 2.24. The molecule has 0 aliphatic heterocycles.